The van der Waals surface area contributed by atoms with Gasteiger partial charge in [-0.05, 0) is 25.1 Å². The first kappa shape index (κ1) is 10.9. The topological polar surface area (TPSA) is 16.8 Å². The number of para-hydroxylation sites is 1. The Labute approximate surface area is 107 Å². The van der Waals surface area contributed by atoms with Crippen LogP contribution in [0.3, 0.4) is 0 Å². The third-order valence-corrected chi connectivity index (χ3v) is 3.01. The van der Waals surface area contributed by atoms with E-state index >= 15 is 0 Å². The average Bonchev–Trinajstić information content (AvgIpc) is 2.39. The standard InChI is InChI=1S/C16H15N2/c1-13-5-4-10-18(11-13)12-15-9-8-14-6-2-3-7-16(14)17-15/h2-11H,12H2,1H3/q+1. The van der Waals surface area contributed by atoms with Crippen molar-refractivity contribution in [3.63, 3.8) is 0 Å². The summed E-state index contributed by atoms with van der Waals surface area (Å²) in [6.07, 6.45) is 4.21. The van der Waals surface area contributed by atoms with Crippen LogP contribution in [0.1, 0.15) is 11.3 Å². The van der Waals surface area contributed by atoms with Gasteiger partial charge in [-0.25, -0.2) is 4.98 Å². The molecule has 0 atom stereocenters. The maximum atomic E-state index is 4.68. The number of hydrogen-bond acceptors (Lipinski definition) is 1. The molecular formula is C16H15N2+. The summed E-state index contributed by atoms with van der Waals surface area (Å²) in [5.74, 6) is 0. The molecule has 0 fully saturated rings. The van der Waals surface area contributed by atoms with Gasteiger partial charge >= 0.3 is 0 Å². The molecule has 3 rings (SSSR count). The molecule has 0 saturated heterocycles. The molecule has 1 aromatic carbocycles. The van der Waals surface area contributed by atoms with Gasteiger partial charge in [-0.2, -0.15) is 4.57 Å². The lowest BCUT2D eigenvalue weighted by molar-refractivity contribution is -0.689. The molecule has 0 aliphatic heterocycles. The van der Waals surface area contributed by atoms with Crippen molar-refractivity contribution in [2.75, 3.05) is 0 Å². The number of aryl methyl sites for hydroxylation is 1. The SMILES string of the molecule is Cc1ccc[n+](Cc2ccc3ccccc3n2)c1. The van der Waals surface area contributed by atoms with Crippen molar-refractivity contribution in [3.8, 4) is 0 Å². The first-order chi connectivity index (χ1) is 8.81. The van der Waals surface area contributed by atoms with E-state index in [9.17, 15) is 0 Å². The minimum Gasteiger partial charge on any atom is -0.246 e. The third-order valence-electron chi connectivity index (χ3n) is 3.01. The van der Waals surface area contributed by atoms with E-state index in [1.807, 2.05) is 12.1 Å². The fourth-order valence-electron chi connectivity index (χ4n) is 2.13. The van der Waals surface area contributed by atoms with Crippen molar-refractivity contribution >= 4 is 10.9 Å². The Bertz CT molecular complexity index is 689. The maximum Gasteiger partial charge on any atom is 0.190 e. The van der Waals surface area contributed by atoms with Gasteiger partial charge in [0, 0.05) is 17.0 Å². The second kappa shape index (κ2) is 4.57. The Hall–Kier alpha value is -2.22. The Morgan fingerprint density at radius 3 is 2.78 bits per heavy atom. The summed E-state index contributed by atoms with van der Waals surface area (Å²) in [5, 5.41) is 1.19. The van der Waals surface area contributed by atoms with Gasteiger partial charge in [0.15, 0.2) is 18.9 Å². The highest BCUT2D eigenvalue weighted by atomic mass is 14.9. The zero-order chi connectivity index (χ0) is 12.4. The van der Waals surface area contributed by atoms with Gasteiger partial charge < -0.3 is 0 Å². The molecule has 0 N–H and O–H groups in total. The van der Waals surface area contributed by atoms with Gasteiger partial charge in [-0.1, -0.05) is 24.3 Å². The molecule has 0 unspecified atom stereocenters. The van der Waals surface area contributed by atoms with Crippen molar-refractivity contribution in [2.24, 2.45) is 0 Å². The third kappa shape index (κ3) is 2.23. The molecule has 2 nitrogen and oxygen atoms in total. The van der Waals surface area contributed by atoms with Crippen molar-refractivity contribution in [2.45, 2.75) is 13.5 Å². The normalized spacial score (nSPS) is 10.7. The van der Waals surface area contributed by atoms with E-state index in [0.717, 1.165) is 17.8 Å². The zero-order valence-corrected chi connectivity index (χ0v) is 10.4. The maximum absolute atomic E-state index is 4.68. The highest BCUT2D eigenvalue weighted by molar-refractivity contribution is 5.78. The van der Waals surface area contributed by atoms with Gasteiger partial charge in [0.05, 0.1) is 5.52 Å². The largest absolute Gasteiger partial charge is 0.246 e. The summed E-state index contributed by atoms with van der Waals surface area (Å²) in [5.41, 5.74) is 3.41. The van der Waals surface area contributed by atoms with E-state index in [1.165, 1.54) is 10.9 Å². The smallest absolute Gasteiger partial charge is 0.190 e. The molecule has 18 heavy (non-hydrogen) atoms. The molecule has 0 spiro atoms. The number of aromatic nitrogens is 2. The summed E-state index contributed by atoms with van der Waals surface area (Å²) >= 11 is 0. The number of nitrogens with zero attached hydrogens (tertiary/aromatic N) is 2. The summed E-state index contributed by atoms with van der Waals surface area (Å²) in [4.78, 5) is 4.68. The van der Waals surface area contributed by atoms with E-state index in [-0.39, 0.29) is 0 Å². The lowest BCUT2D eigenvalue weighted by Gasteiger charge is -2.01. The molecule has 2 heterocycles. The van der Waals surface area contributed by atoms with Crippen LogP contribution in [0.5, 0.6) is 0 Å². The van der Waals surface area contributed by atoms with Crippen molar-refractivity contribution in [1.82, 2.24) is 4.98 Å². The number of hydrogen-bond donors (Lipinski definition) is 0. The van der Waals surface area contributed by atoms with Crippen LogP contribution in [-0.2, 0) is 6.54 Å². The Kier molecular flexibility index (Phi) is 2.77. The molecule has 0 aliphatic rings. The van der Waals surface area contributed by atoms with Gasteiger partial charge in [0.2, 0.25) is 0 Å². The average molecular weight is 235 g/mol. The highest BCUT2D eigenvalue weighted by Crippen LogP contribution is 2.11. The van der Waals surface area contributed by atoms with E-state index in [0.29, 0.717) is 0 Å². The molecular weight excluding hydrogens is 220 g/mol. The van der Waals surface area contributed by atoms with Crippen LogP contribution >= 0.6 is 0 Å². The van der Waals surface area contributed by atoms with Crippen LogP contribution in [0.2, 0.25) is 0 Å². The number of benzene rings is 1. The first-order valence-corrected chi connectivity index (χ1v) is 6.12. The summed E-state index contributed by atoms with van der Waals surface area (Å²) in [7, 11) is 0. The molecule has 0 amide bonds. The molecule has 88 valence electrons. The molecule has 0 radical (unpaired) electrons. The van der Waals surface area contributed by atoms with E-state index < -0.39 is 0 Å². The van der Waals surface area contributed by atoms with Crippen LogP contribution in [0.4, 0.5) is 0 Å². The molecule has 0 saturated carbocycles. The lowest BCUT2D eigenvalue weighted by Crippen LogP contribution is -2.33. The van der Waals surface area contributed by atoms with Gasteiger partial charge in [0.1, 0.15) is 5.69 Å². The predicted molar refractivity (Wildman–Crippen MR) is 72.2 cm³/mol. The molecule has 3 aromatic rings. The lowest BCUT2D eigenvalue weighted by atomic mass is 10.2. The molecule has 2 heteroatoms. The van der Waals surface area contributed by atoms with Gasteiger partial charge in [-0.15, -0.1) is 0 Å². The quantitative estimate of drug-likeness (QED) is 0.624. The van der Waals surface area contributed by atoms with E-state index in [2.05, 4.69) is 65.3 Å². The van der Waals surface area contributed by atoms with Crippen LogP contribution in [0.15, 0.2) is 60.9 Å². The molecule has 2 aromatic heterocycles. The summed E-state index contributed by atoms with van der Waals surface area (Å²) < 4.78 is 2.16. The fourth-order valence-corrected chi connectivity index (χ4v) is 2.13. The van der Waals surface area contributed by atoms with Crippen molar-refractivity contribution < 1.29 is 4.57 Å². The zero-order valence-electron chi connectivity index (χ0n) is 10.4. The van der Waals surface area contributed by atoms with E-state index in [1.54, 1.807) is 0 Å². The Morgan fingerprint density at radius 1 is 1.00 bits per heavy atom. The van der Waals surface area contributed by atoms with Crippen LogP contribution in [-0.4, -0.2) is 4.98 Å². The molecule has 0 bridgehead atoms. The number of rotatable bonds is 2. The second-order valence-electron chi connectivity index (χ2n) is 4.55. The summed E-state index contributed by atoms with van der Waals surface area (Å²) in [6.45, 7) is 2.91. The summed E-state index contributed by atoms with van der Waals surface area (Å²) in [6, 6.07) is 16.6. The number of pyridine rings is 2. The number of fused-ring (bicyclic) bond motifs is 1. The van der Waals surface area contributed by atoms with Crippen molar-refractivity contribution in [3.05, 3.63) is 72.2 Å². The Morgan fingerprint density at radius 2 is 1.89 bits per heavy atom. The van der Waals surface area contributed by atoms with E-state index in [4.69, 9.17) is 0 Å². The van der Waals surface area contributed by atoms with Gasteiger partial charge in [0.25, 0.3) is 0 Å². The Balaban J connectivity index is 1.95. The molecule has 0 aliphatic carbocycles. The first-order valence-electron chi connectivity index (χ1n) is 6.12. The minimum atomic E-state index is 0.812. The monoisotopic (exact) mass is 235 g/mol. The van der Waals surface area contributed by atoms with Gasteiger partial charge in [-0.3, -0.25) is 0 Å². The second-order valence-corrected chi connectivity index (χ2v) is 4.55. The highest BCUT2D eigenvalue weighted by Gasteiger charge is 2.04. The van der Waals surface area contributed by atoms with Crippen LogP contribution in [0, 0.1) is 6.92 Å². The fraction of sp³-hybridized carbons (Fsp3) is 0.125. The van der Waals surface area contributed by atoms with Crippen LogP contribution in [0.25, 0.3) is 10.9 Å². The van der Waals surface area contributed by atoms with Crippen molar-refractivity contribution in [1.29, 1.82) is 0 Å². The predicted octanol–water partition coefficient (Wildman–Crippen LogP) is 2.88. The van der Waals surface area contributed by atoms with Crippen LogP contribution < -0.4 is 4.57 Å². The minimum absolute atomic E-state index is 0.812.